The molecule has 2 N–H and O–H groups in total. The summed E-state index contributed by atoms with van der Waals surface area (Å²) in [4.78, 5) is 24.3. The molecule has 1 unspecified atom stereocenters. The van der Waals surface area contributed by atoms with E-state index in [1.807, 2.05) is 22.6 Å². The summed E-state index contributed by atoms with van der Waals surface area (Å²) in [7, 11) is 0. The molecule has 0 saturated carbocycles. The van der Waals surface area contributed by atoms with Crippen molar-refractivity contribution < 1.29 is 19.4 Å². The van der Waals surface area contributed by atoms with E-state index in [9.17, 15) is 9.59 Å². The summed E-state index contributed by atoms with van der Waals surface area (Å²) in [6.45, 7) is 0.340. The van der Waals surface area contributed by atoms with Crippen molar-refractivity contribution in [2.75, 3.05) is 13.2 Å². The summed E-state index contributed by atoms with van der Waals surface area (Å²) >= 11 is 2.00. The van der Waals surface area contributed by atoms with Gasteiger partial charge in [0.1, 0.15) is 10.2 Å². The highest BCUT2D eigenvalue weighted by molar-refractivity contribution is 14.1. The van der Waals surface area contributed by atoms with Gasteiger partial charge in [-0.15, -0.1) is 0 Å². The highest BCUT2D eigenvalue weighted by atomic mass is 127. The van der Waals surface area contributed by atoms with Gasteiger partial charge in [0.2, 0.25) is 5.91 Å². The Morgan fingerprint density at radius 1 is 1.50 bits per heavy atom. The number of aliphatic hydroxyl groups excluding tert-OH is 1. The van der Waals surface area contributed by atoms with Crippen molar-refractivity contribution in [1.82, 2.24) is 10.2 Å². The molecule has 90 valence electrons. The quantitative estimate of drug-likeness (QED) is 0.541. The minimum Gasteiger partial charge on any atom is -0.394 e. The average molecular weight is 340 g/mol. The molecule has 0 spiro atoms. The highest BCUT2D eigenvalue weighted by Gasteiger charge is 2.38. The van der Waals surface area contributed by atoms with Gasteiger partial charge < -0.3 is 9.84 Å². The van der Waals surface area contributed by atoms with Gasteiger partial charge in [-0.2, -0.15) is 0 Å². The number of alkyl halides is 1. The molecule has 3 atom stereocenters. The SMILES string of the molecule is O=C1NC(=O)N([C@H]2CC[C@@H](CO)O2)CC1I. The van der Waals surface area contributed by atoms with Crippen LogP contribution >= 0.6 is 22.6 Å². The monoisotopic (exact) mass is 340 g/mol. The second-order valence-electron chi connectivity index (χ2n) is 3.89. The Morgan fingerprint density at radius 2 is 2.25 bits per heavy atom. The molecule has 7 heteroatoms. The number of carbonyl (C=O) groups excluding carboxylic acids is 2. The minimum atomic E-state index is -0.401. The summed E-state index contributed by atoms with van der Waals surface area (Å²) < 4.78 is 5.26. The van der Waals surface area contributed by atoms with E-state index in [2.05, 4.69) is 5.32 Å². The summed E-state index contributed by atoms with van der Waals surface area (Å²) in [5.74, 6) is -0.251. The van der Waals surface area contributed by atoms with Crippen LogP contribution in [0.3, 0.4) is 0 Å². The van der Waals surface area contributed by atoms with Gasteiger partial charge in [0, 0.05) is 6.54 Å². The lowest BCUT2D eigenvalue weighted by Gasteiger charge is -2.33. The van der Waals surface area contributed by atoms with Crippen LogP contribution < -0.4 is 5.32 Å². The summed E-state index contributed by atoms with van der Waals surface area (Å²) in [5, 5.41) is 11.2. The Labute approximate surface area is 106 Å². The van der Waals surface area contributed by atoms with Gasteiger partial charge in [0.15, 0.2) is 0 Å². The van der Waals surface area contributed by atoms with E-state index in [4.69, 9.17) is 9.84 Å². The highest BCUT2D eigenvalue weighted by Crippen LogP contribution is 2.24. The fourth-order valence-electron chi connectivity index (χ4n) is 1.89. The second kappa shape index (κ2) is 4.84. The predicted molar refractivity (Wildman–Crippen MR) is 63.0 cm³/mol. The Kier molecular flexibility index (Phi) is 3.65. The van der Waals surface area contributed by atoms with Crippen molar-refractivity contribution in [1.29, 1.82) is 0 Å². The normalized spacial score (nSPS) is 35.4. The smallest absolute Gasteiger partial charge is 0.326 e. The van der Waals surface area contributed by atoms with Crippen LogP contribution in [0.4, 0.5) is 4.79 Å². The molecule has 0 aromatic rings. The van der Waals surface area contributed by atoms with Gasteiger partial charge in [-0.05, 0) is 12.8 Å². The number of urea groups is 1. The van der Waals surface area contributed by atoms with Crippen LogP contribution in [-0.2, 0) is 9.53 Å². The van der Waals surface area contributed by atoms with E-state index in [1.54, 1.807) is 0 Å². The molecule has 3 amide bonds. The molecule has 0 bridgehead atoms. The van der Waals surface area contributed by atoms with Crippen molar-refractivity contribution in [3.63, 3.8) is 0 Å². The first-order valence-corrected chi connectivity index (χ1v) is 6.38. The number of halogens is 1. The molecule has 2 saturated heterocycles. The van der Waals surface area contributed by atoms with E-state index in [1.165, 1.54) is 4.90 Å². The number of aliphatic hydroxyl groups is 1. The predicted octanol–water partition coefficient (Wildman–Crippen LogP) is -0.161. The van der Waals surface area contributed by atoms with Crippen LogP contribution in [0.2, 0.25) is 0 Å². The van der Waals surface area contributed by atoms with Crippen molar-refractivity contribution in [2.45, 2.75) is 29.1 Å². The fourth-order valence-corrected chi connectivity index (χ4v) is 2.47. The maximum Gasteiger partial charge on any atom is 0.326 e. The Morgan fingerprint density at radius 3 is 2.88 bits per heavy atom. The zero-order valence-corrected chi connectivity index (χ0v) is 10.7. The molecule has 0 aliphatic carbocycles. The lowest BCUT2D eigenvalue weighted by atomic mass is 10.2. The first-order valence-electron chi connectivity index (χ1n) is 5.13. The molecule has 2 fully saturated rings. The van der Waals surface area contributed by atoms with Crippen molar-refractivity contribution in [3.8, 4) is 0 Å². The molecule has 0 radical (unpaired) electrons. The molecule has 2 aliphatic heterocycles. The molecular weight excluding hydrogens is 327 g/mol. The molecule has 2 aliphatic rings. The van der Waals surface area contributed by atoms with Crippen LogP contribution in [0, 0.1) is 0 Å². The molecule has 0 aromatic heterocycles. The summed E-state index contributed by atoms with van der Waals surface area (Å²) in [6.07, 6.45) is 0.937. The Balaban J connectivity index is 1.99. The van der Waals surface area contributed by atoms with Gasteiger partial charge in [0.05, 0.1) is 12.7 Å². The Bertz CT molecular complexity index is 312. The van der Waals surface area contributed by atoms with E-state index in [0.717, 1.165) is 6.42 Å². The maximum atomic E-state index is 11.6. The lowest BCUT2D eigenvalue weighted by Crippen LogP contribution is -2.58. The topological polar surface area (TPSA) is 78.9 Å². The third-order valence-corrected chi connectivity index (χ3v) is 3.73. The maximum absolute atomic E-state index is 11.6. The zero-order chi connectivity index (χ0) is 11.7. The van der Waals surface area contributed by atoms with Crippen LogP contribution in [0.15, 0.2) is 0 Å². The zero-order valence-electron chi connectivity index (χ0n) is 8.56. The first kappa shape index (κ1) is 12.1. The molecular formula is C9H13IN2O4. The molecule has 2 rings (SSSR count). The van der Waals surface area contributed by atoms with E-state index >= 15 is 0 Å². The number of nitrogens with one attached hydrogen (secondary N) is 1. The van der Waals surface area contributed by atoms with Gasteiger partial charge in [-0.3, -0.25) is 15.0 Å². The Hall–Kier alpha value is -0.410. The number of nitrogens with zero attached hydrogens (tertiary/aromatic N) is 1. The number of amides is 3. The molecule has 16 heavy (non-hydrogen) atoms. The van der Waals surface area contributed by atoms with Crippen LogP contribution in [0.25, 0.3) is 0 Å². The van der Waals surface area contributed by atoms with Gasteiger partial charge in [-0.25, -0.2) is 4.79 Å². The van der Waals surface area contributed by atoms with Crippen molar-refractivity contribution in [2.24, 2.45) is 0 Å². The van der Waals surface area contributed by atoms with Crippen molar-refractivity contribution in [3.05, 3.63) is 0 Å². The summed E-state index contributed by atoms with van der Waals surface area (Å²) in [6, 6.07) is -0.401. The molecule has 0 aromatic carbocycles. The van der Waals surface area contributed by atoms with Gasteiger partial charge >= 0.3 is 6.03 Å². The largest absolute Gasteiger partial charge is 0.394 e. The van der Waals surface area contributed by atoms with Crippen LogP contribution in [0.1, 0.15) is 12.8 Å². The molecule has 6 nitrogen and oxygen atoms in total. The number of hydrogen-bond donors (Lipinski definition) is 2. The van der Waals surface area contributed by atoms with Crippen molar-refractivity contribution >= 4 is 34.5 Å². The third-order valence-electron chi connectivity index (χ3n) is 2.77. The van der Waals surface area contributed by atoms with Gasteiger partial charge in [-0.1, -0.05) is 22.6 Å². The number of hydrogen-bond acceptors (Lipinski definition) is 4. The number of carbonyl (C=O) groups is 2. The molecule has 2 heterocycles. The standard InChI is InChI=1S/C9H13IN2O4/c10-6-3-12(9(15)11-8(6)14)7-2-1-5(4-13)16-7/h5-7,13H,1-4H2,(H,11,14,15)/t5-,6?,7+/m0/s1. The van der Waals surface area contributed by atoms with Crippen LogP contribution in [0.5, 0.6) is 0 Å². The van der Waals surface area contributed by atoms with Crippen LogP contribution in [-0.4, -0.2) is 51.4 Å². The lowest BCUT2D eigenvalue weighted by molar-refractivity contribution is -0.122. The third kappa shape index (κ3) is 2.30. The number of rotatable bonds is 2. The van der Waals surface area contributed by atoms with E-state index < -0.39 is 6.03 Å². The fraction of sp³-hybridized carbons (Fsp3) is 0.778. The number of imide groups is 1. The van der Waals surface area contributed by atoms with E-state index in [0.29, 0.717) is 13.0 Å². The van der Waals surface area contributed by atoms with E-state index in [-0.39, 0.29) is 28.8 Å². The first-order chi connectivity index (χ1) is 7.61. The second-order valence-corrected chi connectivity index (χ2v) is 5.39. The summed E-state index contributed by atoms with van der Waals surface area (Å²) in [5.41, 5.74) is 0. The minimum absolute atomic E-state index is 0.0292. The average Bonchev–Trinajstić information content (AvgIpc) is 2.71. The van der Waals surface area contributed by atoms with Gasteiger partial charge in [0.25, 0.3) is 0 Å². The number of ether oxygens (including phenoxy) is 1.